The molecule has 0 unspecified atom stereocenters. The van der Waals surface area contributed by atoms with Gasteiger partial charge in [-0.25, -0.2) is 0 Å². The van der Waals surface area contributed by atoms with Crippen LogP contribution in [0.2, 0.25) is 5.02 Å². The highest BCUT2D eigenvalue weighted by molar-refractivity contribution is 8.03. The molecule has 0 bridgehead atoms. The molecule has 8 heteroatoms. The van der Waals surface area contributed by atoms with Crippen LogP contribution in [0.3, 0.4) is 0 Å². The van der Waals surface area contributed by atoms with Gasteiger partial charge in [0, 0.05) is 27.9 Å². The van der Waals surface area contributed by atoms with E-state index in [1.54, 1.807) is 36.0 Å². The lowest BCUT2D eigenvalue weighted by Crippen LogP contribution is -2.31. The van der Waals surface area contributed by atoms with E-state index in [-0.39, 0.29) is 29.9 Å². The van der Waals surface area contributed by atoms with Gasteiger partial charge in [0.25, 0.3) is 0 Å². The molecular weight excluding hydrogens is 426 g/mol. The van der Waals surface area contributed by atoms with E-state index in [1.165, 1.54) is 0 Å². The molecule has 0 fully saturated rings. The fraction of sp³-hybridized carbons (Fsp3) is 0.190. The van der Waals surface area contributed by atoms with Crippen molar-refractivity contribution in [3.8, 4) is 6.07 Å². The summed E-state index contributed by atoms with van der Waals surface area (Å²) in [6, 6.07) is 16.9. The Labute approximate surface area is 182 Å². The van der Waals surface area contributed by atoms with Crippen molar-refractivity contribution >= 4 is 52.6 Å². The van der Waals surface area contributed by atoms with Gasteiger partial charge in [-0.1, -0.05) is 35.5 Å². The van der Waals surface area contributed by atoms with Gasteiger partial charge in [0.2, 0.25) is 11.8 Å². The van der Waals surface area contributed by atoms with E-state index >= 15 is 0 Å². The van der Waals surface area contributed by atoms with Crippen LogP contribution in [0.15, 0.2) is 64.0 Å². The highest BCUT2D eigenvalue weighted by Gasteiger charge is 2.29. The van der Waals surface area contributed by atoms with Crippen LogP contribution in [0.1, 0.15) is 17.9 Å². The standard InChI is InChI=1S/C21H18ClN3O2S2/c1-28-16-8-2-13(3-9-16)17-10-19(26)25-21(18(17)11-23)29-12-20(27)24-15-6-4-14(22)5-7-15/h2-9,17H,10,12H2,1H3,(H,24,27)(H,25,26)/t17-/m1/s1. The second-order valence-electron chi connectivity index (χ2n) is 6.28. The van der Waals surface area contributed by atoms with Crippen LogP contribution in [0, 0.1) is 11.3 Å². The first-order valence-electron chi connectivity index (χ1n) is 8.76. The summed E-state index contributed by atoms with van der Waals surface area (Å²) in [6.07, 6.45) is 2.20. The van der Waals surface area contributed by atoms with Crippen molar-refractivity contribution in [3.63, 3.8) is 0 Å². The first-order chi connectivity index (χ1) is 14.0. The number of allylic oxidation sites excluding steroid dienone is 1. The van der Waals surface area contributed by atoms with Crippen molar-refractivity contribution in [2.45, 2.75) is 17.2 Å². The van der Waals surface area contributed by atoms with Gasteiger partial charge in [0.1, 0.15) is 0 Å². The molecule has 2 aromatic carbocycles. The van der Waals surface area contributed by atoms with Crippen molar-refractivity contribution in [1.29, 1.82) is 5.26 Å². The summed E-state index contributed by atoms with van der Waals surface area (Å²) in [5.41, 5.74) is 2.03. The Hall–Kier alpha value is -2.40. The lowest BCUT2D eigenvalue weighted by atomic mass is 9.87. The third kappa shape index (κ3) is 5.57. The minimum Gasteiger partial charge on any atom is -0.325 e. The molecule has 0 spiro atoms. The lowest BCUT2D eigenvalue weighted by Gasteiger charge is -2.25. The quantitative estimate of drug-likeness (QED) is 0.628. The predicted molar refractivity (Wildman–Crippen MR) is 119 cm³/mol. The highest BCUT2D eigenvalue weighted by Crippen LogP contribution is 2.36. The fourth-order valence-corrected chi connectivity index (χ4v) is 4.33. The molecule has 2 amide bonds. The largest absolute Gasteiger partial charge is 0.325 e. The zero-order valence-electron chi connectivity index (χ0n) is 15.6. The number of carbonyl (C=O) groups excluding carboxylic acids is 2. The van der Waals surface area contributed by atoms with E-state index in [1.807, 2.05) is 30.5 Å². The second-order valence-corrected chi connectivity index (χ2v) is 8.58. The fourth-order valence-electron chi connectivity index (χ4n) is 2.92. The van der Waals surface area contributed by atoms with Crippen LogP contribution in [-0.2, 0) is 9.59 Å². The summed E-state index contributed by atoms with van der Waals surface area (Å²) in [7, 11) is 0. The van der Waals surface area contributed by atoms with Crippen molar-refractivity contribution in [3.05, 3.63) is 69.7 Å². The van der Waals surface area contributed by atoms with E-state index in [0.29, 0.717) is 21.3 Å². The van der Waals surface area contributed by atoms with Crippen molar-refractivity contribution in [2.24, 2.45) is 0 Å². The Morgan fingerprint density at radius 2 is 1.93 bits per heavy atom. The molecular formula is C21H18ClN3O2S2. The number of carbonyl (C=O) groups is 2. The topological polar surface area (TPSA) is 82.0 Å². The van der Waals surface area contributed by atoms with Gasteiger partial charge in [-0.15, -0.1) is 11.8 Å². The molecule has 1 aliphatic heterocycles. The van der Waals surface area contributed by atoms with Gasteiger partial charge in [-0.2, -0.15) is 5.26 Å². The molecule has 2 N–H and O–H groups in total. The maximum absolute atomic E-state index is 12.3. The number of benzene rings is 2. The second kappa shape index (κ2) is 9.88. The summed E-state index contributed by atoms with van der Waals surface area (Å²) < 4.78 is 0. The third-order valence-electron chi connectivity index (χ3n) is 4.35. The minimum atomic E-state index is -0.313. The van der Waals surface area contributed by atoms with E-state index in [4.69, 9.17) is 11.6 Å². The van der Waals surface area contributed by atoms with E-state index in [0.717, 1.165) is 22.2 Å². The number of halogens is 1. The average molecular weight is 444 g/mol. The molecule has 29 heavy (non-hydrogen) atoms. The number of anilines is 1. The SMILES string of the molecule is CSc1ccc([C@H]2CC(=O)NC(SCC(=O)Nc3ccc(Cl)cc3)=C2C#N)cc1. The number of hydrogen-bond donors (Lipinski definition) is 2. The van der Waals surface area contributed by atoms with Crippen LogP contribution in [0.5, 0.6) is 0 Å². The van der Waals surface area contributed by atoms with Crippen LogP contribution < -0.4 is 10.6 Å². The summed E-state index contributed by atoms with van der Waals surface area (Å²) >= 11 is 8.63. The van der Waals surface area contributed by atoms with Crippen LogP contribution >= 0.6 is 35.1 Å². The number of nitrogens with zero attached hydrogens (tertiary/aromatic N) is 1. The zero-order chi connectivity index (χ0) is 20.8. The number of rotatable bonds is 6. The monoisotopic (exact) mass is 443 g/mol. The summed E-state index contributed by atoms with van der Waals surface area (Å²) in [5, 5.41) is 16.3. The molecule has 0 aromatic heterocycles. The Morgan fingerprint density at radius 3 is 2.55 bits per heavy atom. The lowest BCUT2D eigenvalue weighted by molar-refractivity contribution is -0.121. The maximum atomic E-state index is 12.3. The Balaban J connectivity index is 1.73. The molecule has 1 aliphatic rings. The van der Waals surface area contributed by atoms with Gasteiger partial charge in [0.05, 0.1) is 22.4 Å². The molecule has 0 radical (unpaired) electrons. The summed E-state index contributed by atoms with van der Waals surface area (Å²) in [6.45, 7) is 0. The van der Waals surface area contributed by atoms with Crippen LogP contribution in [-0.4, -0.2) is 23.8 Å². The molecule has 3 rings (SSSR count). The predicted octanol–water partition coefficient (Wildman–Crippen LogP) is 4.77. The van der Waals surface area contributed by atoms with E-state index < -0.39 is 0 Å². The van der Waals surface area contributed by atoms with Gasteiger partial charge in [-0.05, 0) is 48.2 Å². The Kier molecular flexibility index (Phi) is 7.26. The molecule has 1 atom stereocenters. The maximum Gasteiger partial charge on any atom is 0.234 e. The first kappa shape index (κ1) is 21.3. The Bertz CT molecular complexity index is 982. The van der Waals surface area contributed by atoms with Gasteiger partial charge in [0.15, 0.2) is 0 Å². The van der Waals surface area contributed by atoms with Crippen LogP contribution in [0.25, 0.3) is 0 Å². The average Bonchev–Trinajstić information content (AvgIpc) is 2.73. The molecule has 0 aliphatic carbocycles. The van der Waals surface area contributed by atoms with Crippen molar-refractivity contribution < 1.29 is 9.59 Å². The smallest absolute Gasteiger partial charge is 0.234 e. The molecule has 148 valence electrons. The van der Waals surface area contributed by atoms with Crippen molar-refractivity contribution in [1.82, 2.24) is 5.32 Å². The van der Waals surface area contributed by atoms with Gasteiger partial charge in [-0.3, -0.25) is 9.59 Å². The van der Waals surface area contributed by atoms with Gasteiger partial charge < -0.3 is 10.6 Å². The van der Waals surface area contributed by atoms with Crippen molar-refractivity contribution in [2.75, 3.05) is 17.3 Å². The molecule has 0 saturated heterocycles. The van der Waals surface area contributed by atoms with Crippen LogP contribution in [0.4, 0.5) is 5.69 Å². The number of thioether (sulfide) groups is 2. The first-order valence-corrected chi connectivity index (χ1v) is 11.3. The minimum absolute atomic E-state index is 0.0710. The summed E-state index contributed by atoms with van der Waals surface area (Å²) in [4.78, 5) is 25.6. The van der Waals surface area contributed by atoms with Gasteiger partial charge >= 0.3 is 0 Å². The summed E-state index contributed by atoms with van der Waals surface area (Å²) in [5.74, 6) is -0.639. The number of hydrogen-bond acceptors (Lipinski definition) is 5. The number of amides is 2. The van der Waals surface area contributed by atoms with E-state index in [9.17, 15) is 14.9 Å². The molecule has 2 aromatic rings. The molecule has 0 saturated carbocycles. The molecule has 1 heterocycles. The highest BCUT2D eigenvalue weighted by atomic mass is 35.5. The van der Waals surface area contributed by atoms with E-state index in [2.05, 4.69) is 16.7 Å². The number of nitriles is 1. The Morgan fingerprint density at radius 1 is 1.24 bits per heavy atom. The molecule has 5 nitrogen and oxygen atoms in total. The number of nitrogens with one attached hydrogen (secondary N) is 2. The normalized spacial score (nSPS) is 16.2. The third-order valence-corrected chi connectivity index (χ3v) is 6.36. The zero-order valence-corrected chi connectivity index (χ0v) is 18.0.